The first kappa shape index (κ1) is 21.0. The van der Waals surface area contributed by atoms with Crippen molar-refractivity contribution in [1.82, 2.24) is 29.4 Å². The minimum atomic E-state index is -0.162. The Hall–Kier alpha value is -4.27. The largest absolute Gasteiger partial charge is 0.345 e. The molecule has 0 saturated carbocycles. The van der Waals surface area contributed by atoms with Crippen molar-refractivity contribution in [3.63, 3.8) is 0 Å². The van der Waals surface area contributed by atoms with Gasteiger partial charge in [0.15, 0.2) is 5.65 Å². The zero-order chi connectivity index (χ0) is 22.8. The van der Waals surface area contributed by atoms with Crippen molar-refractivity contribution in [2.75, 3.05) is 33.5 Å². The molecule has 0 saturated heterocycles. The van der Waals surface area contributed by atoms with Crippen LogP contribution in [0, 0.1) is 0 Å². The molecule has 3 aromatic heterocycles. The summed E-state index contributed by atoms with van der Waals surface area (Å²) in [7, 11) is 6.82. The van der Waals surface area contributed by atoms with Crippen LogP contribution < -0.4 is 5.32 Å². The third-order valence-corrected chi connectivity index (χ3v) is 4.86. The van der Waals surface area contributed by atoms with Crippen molar-refractivity contribution in [1.29, 1.82) is 0 Å². The number of rotatable bonds is 5. The summed E-state index contributed by atoms with van der Waals surface area (Å²) in [6, 6.07) is 14.7. The molecule has 1 N–H and O–H groups in total. The fourth-order valence-corrected chi connectivity index (χ4v) is 3.19. The second-order valence-corrected chi connectivity index (χ2v) is 7.66. The molecule has 0 spiro atoms. The van der Waals surface area contributed by atoms with Gasteiger partial charge < -0.3 is 15.1 Å². The van der Waals surface area contributed by atoms with E-state index in [1.54, 1.807) is 68.1 Å². The Labute approximate surface area is 185 Å². The Bertz CT molecular complexity index is 1280. The fourth-order valence-electron chi connectivity index (χ4n) is 3.19. The number of carbonyl (C=O) groups is 2. The molecule has 9 heteroatoms. The van der Waals surface area contributed by atoms with E-state index < -0.39 is 0 Å². The molecule has 32 heavy (non-hydrogen) atoms. The summed E-state index contributed by atoms with van der Waals surface area (Å²) >= 11 is 0. The van der Waals surface area contributed by atoms with E-state index >= 15 is 0 Å². The first-order chi connectivity index (χ1) is 15.3. The summed E-state index contributed by atoms with van der Waals surface area (Å²) in [5, 5.41) is 7.60. The zero-order valence-corrected chi connectivity index (χ0v) is 18.3. The van der Waals surface area contributed by atoms with Crippen LogP contribution in [0.1, 0.15) is 20.8 Å². The smallest absolute Gasteiger partial charge is 0.271 e. The van der Waals surface area contributed by atoms with Gasteiger partial charge in [0.25, 0.3) is 11.8 Å². The van der Waals surface area contributed by atoms with E-state index in [1.165, 1.54) is 4.90 Å². The Morgan fingerprint density at radius 3 is 2.25 bits per heavy atom. The van der Waals surface area contributed by atoms with Crippen molar-refractivity contribution in [2.24, 2.45) is 0 Å². The fraction of sp³-hybridized carbons (Fsp3) is 0.174. The topological polar surface area (TPSA) is 95.7 Å². The van der Waals surface area contributed by atoms with E-state index in [-0.39, 0.29) is 11.8 Å². The lowest BCUT2D eigenvalue weighted by atomic mass is 10.0. The van der Waals surface area contributed by atoms with Crippen LogP contribution in [0.2, 0.25) is 0 Å². The Morgan fingerprint density at radius 2 is 1.62 bits per heavy atom. The molecule has 0 fully saturated rings. The maximum atomic E-state index is 12.1. The van der Waals surface area contributed by atoms with Gasteiger partial charge in [0.05, 0.1) is 11.9 Å². The molecular formula is C23H23N7O2. The molecule has 0 aliphatic rings. The van der Waals surface area contributed by atoms with Crippen molar-refractivity contribution in [3.05, 3.63) is 72.2 Å². The molecule has 4 rings (SSSR count). The van der Waals surface area contributed by atoms with Gasteiger partial charge in [-0.05, 0) is 42.0 Å². The van der Waals surface area contributed by atoms with Gasteiger partial charge in [-0.1, -0.05) is 12.1 Å². The van der Waals surface area contributed by atoms with Gasteiger partial charge in [-0.3, -0.25) is 9.59 Å². The first-order valence-corrected chi connectivity index (χ1v) is 9.95. The third kappa shape index (κ3) is 4.13. The average molecular weight is 429 g/mol. The number of hydrogen-bond acceptors (Lipinski definition) is 6. The molecule has 1 aromatic carbocycles. The average Bonchev–Trinajstić information content (AvgIpc) is 3.21. The lowest BCUT2D eigenvalue weighted by Gasteiger charge is -2.10. The van der Waals surface area contributed by atoms with E-state index in [9.17, 15) is 9.59 Å². The summed E-state index contributed by atoms with van der Waals surface area (Å²) in [5.41, 5.74) is 4.15. The number of carbonyl (C=O) groups excluding carboxylic acids is 2. The molecule has 2 amide bonds. The van der Waals surface area contributed by atoms with Crippen LogP contribution >= 0.6 is 0 Å². The zero-order valence-electron chi connectivity index (χ0n) is 18.3. The quantitative estimate of drug-likeness (QED) is 0.524. The third-order valence-electron chi connectivity index (χ3n) is 4.86. The number of amides is 2. The van der Waals surface area contributed by atoms with Crippen LogP contribution in [0.5, 0.6) is 0 Å². The lowest BCUT2D eigenvalue weighted by Crippen LogP contribution is -2.22. The van der Waals surface area contributed by atoms with Gasteiger partial charge in [0, 0.05) is 45.5 Å². The van der Waals surface area contributed by atoms with Crippen LogP contribution in [0.3, 0.4) is 0 Å². The van der Waals surface area contributed by atoms with Crippen LogP contribution in [0.4, 0.5) is 11.6 Å². The van der Waals surface area contributed by atoms with Gasteiger partial charge in [-0.15, -0.1) is 5.10 Å². The Kier molecular flexibility index (Phi) is 5.55. The predicted molar refractivity (Wildman–Crippen MR) is 122 cm³/mol. The summed E-state index contributed by atoms with van der Waals surface area (Å²) in [6.45, 7) is 0. The molecule has 0 aliphatic carbocycles. The van der Waals surface area contributed by atoms with Gasteiger partial charge in [-0.2, -0.15) is 4.98 Å². The molecule has 0 radical (unpaired) electrons. The van der Waals surface area contributed by atoms with Gasteiger partial charge in [0.1, 0.15) is 5.69 Å². The Morgan fingerprint density at radius 1 is 0.906 bits per heavy atom. The minimum absolute atomic E-state index is 0.0457. The van der Waals surface area contributed by atoms with E-state index in [2.05, 4.69) is 20.4 Å². The number of pyridine rings is 2. The molecule has 162 valence electrons. The van der Waals surface area contributed by atoms with Crippen LogP contribution in [-0.4, -0.2) is 69.4 Å². The number of fused-ring (bicyclic) bond motifs is 1. The second-order valence-electron chi connectivity index (χ2n) is 7.66. The predicted octanol–water partition coefficient (Wildman–Crippen LogP) is 2.94. The number of nitrogens with zero attached hydrogens (tertiary/aromatic N) is 6. The molecular weight excluding hydrogens is 406 g/mol. The minimum Gasteiger partial charge on any atom is -0.345 e. The number of nitrogens with one attached hydrogen (secondary N) is 1. The van der Waals surface area contributed by atoms with Crippen molar-refractivity contribution < 1.29 is 9.59 Å². The van der Waals surface area contributed by atoms with Crippen molar-refractivity contribution >= 4 is 29.1 Å². The van der Waals surface area contributed by atoms with Crippen LogP contribution in [-0.2, 0) is 0 Å². The first-order valence-electron chi connectivity index (χ1n) is 9.95. The van der Waals surface area contributed by atoms with Crippen molar-refractivity contribution in [2.45, 2.75) is 0 Å². The number of benzene rings is 1. The van der Waals surface area contributed by atoms with E-state index in [4.69, 9.17) is 0 Å². The van der Waals surface area contributed by atoms with E-state index in [0.29, 0.717) is 28.5 Å². The highest BCUT2D eigenvalue weighted by molar-refractivity contribution is 5.94. The monoisotopic (exact) mass is 429 g/mol. The highest BCUT2D eigenvalue weighted by atomic mass is 16.2. The van der Waals surface area contributed by atoms with Gasteiger partial charge >= 0.3 is 0 Å². The highest BCUT2D eigenvalue weighted by Gasteiger charge is 2.13. The molecule has 9 nitrogen and oxygen atoms in total. The number of aromatic nitrogens is 4. The SMILES string of the molecule is CN(C)C(=O)c1ccc(-c2cccn3nc(Nc4ccc(C(=O)N(C)C)nc4)nc23)cc1. The standard InChI is InChI=1S/C23H23N7O2/c1-28(2)21(31)16-9-7-15(8-10-16)18-6-5-13-30-20(18)26-23(27-30)25-17-11-12-19(24-14-17)22(32)29(3)4/h5-14H,1-4H3,(H,25,27). The lowest BCUT2D eigenvalue weighted by molar-refractivity contribution is 0.0817. The number of hydrogen-bond donors (Lipinski definition) is 1. The molecule has 4 aromatic rings. The Balaban J connectivity index is 1.60. The van der Waals surface area contributed by atoms with Crippen LogP contribution in [0.15, 0.2) is 60.9 Å². The van der Waals surface area contributed by atoms with Gasteiger partial charge in [-0.25, -0.2) is 9.50 Å². The van der Waals surface area contributed by atoms with Gasteiger partial charge in [0.2, 0.25) is 5.95 Å². The summed E-state index contributed by atoms with van der Waals surface area (Å²) in [5.74, 6) is 0.200. The molecule has 3 heterocycles. The van der Waals surface area contributed by atoms with E-state index in [1.807, 2.05) is 30.5 Å². The summed E-state index contributed by atoms with van der Waals surface area (Å²) in [6.07, 6.45) is 3.39. The van der Waals surface area contributed by atoms with Crippen molar-refractivity contribution in [3.8, 4) is 11.1 Å². The van der Waals surface area contributed by atoms with Crippen LogP contribution in [0.25, 0.3) is 16.8 Å². The normalized spacial score (nSPS) is 10.8. The number of anilines is 2. The maximum absolute atomic E-state index is 12.1. The molecule has 0 bridgehead atoms. The summed E-state index contributed by atoms with van der Waals surface area (Å²) in [4.78, 5) is 36.0. The molecule has 0 unspecified atom stereocenters. The molecule has 0 atom stereocenters. The summed E-state index contributed by atoms with van der Waals surface area (Å²) < 4.78 is 1.69. The second kappa shape index (κ2) is 8.46. The molecule has 0 aliphatic heterocycles. The maximum Gasteiger partial charge on any atom is 0.271 e. The highest BCUT2D eigenvalue weighted by Crippen LogP contribution is 2.25. The van der Waals surface area contributed by atoms with E-state index in [0.717, 1.165) is 11.1 Å².